The average molecular weight is 212 g/mol. The summed E-state index contributed by atoms with van der Waals surface area (Å²) in [6.45, 7) is 11.1. The van der Waals surface area contributed by atoms with E-state index < -0.39 is 0 Å². The van der Waals surface area contributed by atoms with Gasteiger partial charge in [-0.25, -0.2) is 0 Å². The second-order valence-electron chi connectivity index (χ2n) is 4.40. The molecule has 0 aromatic carbocycles. The highest BCUT2D eigenvalue weighted by molar-refractivity contribution is 5.79. The molecule has 88 valence electrons. The lowest BCUT2D eigenvalue weighted by Gasteiger charge is -2.34. The van der Waals surface area contributed by atoms with Gasteiger partial charge in [0.1, 0.15) is 0 Å². The summed E-state index contributed by atoms with van der Waals surface area (Å²) in [5.41, 5.74) is 0. The minimum absolute atomic E-state index is 0.329. The lowest BCUT2D eigenvalue weighted by Crippen LogP contribution is -2.44. The number of hydrogen-bond donors (Lipinski definition) is 0. The van der Waals surface area contributed by atoms with Crippen molar-refractivity contribution >= 4 is 5.91 Å². The fourth-order valence-corrected chi connectivity index (χ4v) is 2.54. The molecule has 0 atom stereocenters. The Bertz CT molecular complexity index is 208. The predicted octanol–water partition coefficient (Wildman–Crippen LogP) is 1.73. The summed E-state index contributed by atoms with van der Waals surface area (Å²) in [6.07, 6.45) is 2.34. The molecule has 3 fully saturated rings. The van der Waals surface area contributed by atoms with Crippen LogP contribution in [0, 0.1) is 0 Å². The van der Waals surface area contributed by atoms with E-state index in [0.717, 1.165) is 13.1 Å². The molecule has 0 radical (unpaired) electrons. The molecule has 3 heteroatoms. The van der Waals surface area contributed by atoms with Gasteiger partial charge in [-0.3, -0.25) is 9.69 Å². The van der Waals surface area contributed by atoms with Crippen LogP contribution in [0.15, 0.2) is 0 Å². The molecular weight excluding hydrogens is 188 g/mol. The van der Waals surface area contributed by atoms with Crippen molar-refractivity contribution < 1.29 is 4.79 Å². The lowest BCUT2D eigenvalue weighted by atomic mass is 10.0. The van der Waals surface area contributed by atoms with Gasteiger partial charge in [-0.05, 0) is 26.7 Å². The van der Waals surface area contributed by atoms with E-state index in [9.17, 15) is 4.79 Å². The fourth-order valence-electron chi connectivity index (χ4n) is 2.54. The molecular formula is C12H24N2O. The summed E-state index contributed by atoms with van der Waals surface area (Å²) < 4.78 is 0. The van der Waals surface area contributed by atoms with Crippen LogP contribution < -0.4 is 0 Å². The Morgan fingerprint density at radius 1 is 1.20 bits per heavy atom. The van der Waals surface area contributed by atoms with E-state index in [1.54, 1.807) is 0 Å². The molecule has 3 rings (SSSR count). The van der Waals surface area contributed by atoms with Crippen molar-refractivity contribution in [3.8, 4) is 0 Å². The maximum absolute atomic E-state index is 11.8. The number of carbonyl (C=O) groups excluding carboxylic acids is 1. The van der Waals surface area contributed by atoms with Crippen LogP contribution in [-0.2, 0) is 4.79 Å². The van der Waals surface area contributed by atoms with Gasteiger partial charge in [0.2, 0.25) is 5.91 Å². The van der Waals surface area contributed by atoms with Crippen molar-refractivity contribution in [1.29, 1.82) is 0 Å². The summed E-state index contributed by atoms with van der Waals surface area (Å²) in [5.74, 6) is 0.329. The van der Waals surface area contributed by atoms with E-state index in [-0.39, 0.29) is 0 Å². The number of fused-ring (bicyclic) bond motifs is 4. The largest absolute Gasteiger partial charge is 0.336 e. The lowest BCUT2D eigenvalue weighted by molar-refractivity contribution is -0.133. The van der Waals surface area contributed by atoms with Gasteiger partial charge in [-0.2, -0.15) is 0 Å². The number of nitrogens with zero attached hydrogens (tertiary/aromatic N) is 2. The maximum Gasteiger partial charge on any atom is 0.237 e. The monoisotopic (exact) mass is 212 g/mol. The van der Waals surface area contributed by atoms with Crippen LogP contribution >= 0.6 is 0 Å². The molecule has 3 aliphatic heterocycles. The fraction of sp³-hybridized carbons (Fsp3) is 0.917. The molecule has 3 aliphatic rings. The molecule has 1 amide bonds. The Balaban J connectivity index is 0.000000531. The van der Waals surface area contributed by atoms with Crippen LogP contribution in [0.1, 0.15) is 40.5 Å². The van der Waals surface area contributed by atoms with Gasteiger partial charge < -0.3 is 4.90 Å². The first-order valence-electron chi connectivity index (χ1n) is 6.22. The van der Waals surface area contributed by atoms with Gasteiger partial charge in [0, 0.05) is 25.2 Å². The smallest absolute Gasteiger partial charge is 0.237 e. The zero-order chi connectivity index (χ0) is 11.4. The van der Waals surface area contributed by atoms with Crippen molar-refractivity contribution in [3.63, 3.8) is 0 Å². The van der Waals surface area contributed by atoms with Gasteiger partial charge in [0.05, 0.1) is 6.54 Å². The Labute approximate surface area is 93.4 Å². The van der Waals surface area contributed by atoms with Crippen LogP contribution in [0.3, 0.4) is 0 Å². The standard InChI is InChI=1S/C10H18N2O.C2H6/c1-8(2)12-9-3-5-11(6-4-9)7-10(12)13;1-2/h8-9H,3-7H2,1-2H3;1-2H3. The first-order valence-corrected chi connectivity index (χ1v) is 6.22. The molecule has 0 N–H and O–H groups in total. The van der Waals surface area contributed by atoms with Crippen LogP contribution in [0.2, 0.25) is 0 Å². The predicted molar refractivity (Wildman–Crippen MR) is 62.8 cm³/mol. The van der Waals surface area contributed by atoms with Gasteiger partial charge in [-0.15, -0.1) is 0 Å². The van der Waals surface area contributed by atoms with E-state index in [0.29, 0.717) is 24.5 Å². The van der Waals surface area contributed by atoms with Crippen LogP contribution in [0.5, 0.6) is 0 Å². The van der Waals surface area contributed by atoms with E-state index in [1.165, 1.54) is 12.8 Å². The molecule has 3 heterocycles. The Kier molecular flexibility index (Phi) is 4.58. The second-order valence-corrected chi connectivity index (χ2v) is 4.40. The van der Waals surface area contributed by atoms with Gasteiger partial charge >= 0.3 is 0 Å². The van der Waals surface area contributed by atoms with Crippen molar-refractivity contribution in [2.45, 2.75) is 52.6 Å². The third-order valence-corrected chi connectivity index (χ3v) is 3.15. The molecule has 0 unspecified atom stereocenters. The van der Waals surface area contributed by atoms with E-state index >= 15 is 0 Å². The molecule has 0 aromatic heterocycles. The van der Waals surface area contributed by atoms with Crippen LogP contribution in [0.25, 0.3) is 0 Å². The molecule has 0 spiro atoms. The van der Waals surface area contributed by atoms with E-state index in [2.05, 4.69) is 23.6 Å². The third kappa shape index (κ3) is 2.71. The Hall–Kier alpha value is -0.570. The zero-order valence-electron chi connectivity index (χ0n) is 10.5. The summed E-state index contributed by atoms with van der Waals surface area (Å²) in [5, 5.41) is 0. The van der Waals surface area contributed by atoms with Gasteiger partial charge in [0.15, 0.2) is 0 Å². The maximum atomic E-state index is 11.8. The number of piperidine rings is 1. The minimum atomic E-state index is 0.329. The van der Waals surface area contributed by atoms with Crippen LogP contribution in [-0.4, -0.2) is 47.4 Å². The molecule has 0 aliphatic carbocycles. The Morgan fingerprint density at radius 3 is 2.20 bits per heavy atom. The van der Waals surface area contributed by atoms with E-state index in [4.69, 9.17) is 0 Å². The van der Waals surface area contributed by atoms with E-state index in [1.807, 2.05) is 13.8 Å². The zero-order valence-corrected chi connectivity index (χ0v) is 10.5. The highest BCUT2D eigenvalue weighted by atomic mass is 16.2. The second kappa shape index (κ2) is 5.50. The SMILES string of the molecule is CC.CC(C)N1C(=O)CN2CCC1CC2. The third-order valence-electron chi connectivity index (χ3n) is 3.15. The summed E-state index contributed by atoms with van der Waals surface area (Å²) >= 11 is 0. The molecule has 3 saturated heterocycles. The number of amides is 1. The van der Waals surface area contributed by atoms with Gasteiger partial charge in [-0.1, -0.05) is 13.8 Å². The number of rotatable bonds is 1. The molecule has 0 aromatic rings. The number of hydrogen-bond acceptors (Lipinski definition) is 2. The highest BCUT2D eigenvalue weighted by Crippen LogP contribution is 2.23. The van der Waals surface area contributed by atoms with Crippen LogP contribution in [0.4, 0.5) is 0 Å². The molecule has 15 heavy (non-hydrogen) atoms. The summed E-state index contributed by atoms with van der Waals surface area (Å²) in [6, 6.07) is 0.891. The minimum Gasteiger partial charge on any atom is -0.336 e. The molecule has 0 saturated carbocycles. The molecule has 2 bridgehead atoms. The topological polar surface area (TPSA) is 23.6 Å². The van der Waals surface area contributed by atoms with Gasteiger partial charge in [0.25, 0.3) is 0 Å². The summed E-state index contributed by atoms with van der Waals surface area (Å²) in [4.78, 5) is 16.2. The first kappa shape index (κ1) is 12.5. The quantitative estimate of drug-likeness (QED) is 0.661. The van der Waals surface area contributed by atoms with Crippen molar-refractivity contribution in [3.05, 3.63) is 0 Å². The normalized spacial score (nSPS) is 29.9. The van der Waals surface area contributed by atoms with Crippen molar-refractivity contribution in [2.75, 3.05) is 19.6 Å². The average Bonchev–Trinajstić information content (AvgIpc) is 2.47. The highest BCUT2D eigenvalue weighted by Gasteiger charge is 2.34. The van der Waals surface area contributed by atoms with Crippen molar-refractivity contribution in [2.24, 2.45) is 0 Å². The molecule has 3 nitrogen and oxygen atoms in total. The Morgan fingerprint density at radius 2 is 1.73 bits per heavy atom. The van der Waals surface area contributed by atoms with Crippen molar-refractivity contribution in [1.82, 2.24) is 9.80 Å². The number of carbonyl (C=O) groups is 1. The summed E-state index contributed by atoms with van der Waals surface area (Å²) in [7, 11) is 0. The first-order chi connectivity index (χ1) is 7.18.